The average Bonchev–Trinajstić information content (AvgIpc) is 2.08. The van der Waals surface area contributed by atoms with Crippen LogP contribution in [-0.2, 0) is 0 Å². The molecule has 1 saturated heterocycles. The monoisotopic (exact) mass is 184 g/mol. The Morgan fingerprint density at radius 2 is 2.15 bits per heavy atom. The van der Waals surface area contributed by atoms with Crippen LogP contribution in [0.5, 0.6) is 0 Å². The van der Waals surface area contributed by atoms with Crippen molar-refractivity contribution in [3.63, 3.8) is 0 Å². The molecule has 0 radical (unpaired) electrons. The fourth-order valence-electron chi connectivity index (χ4n) is 2.45. The van der Waals surface area contributed by atoms with Gasteiger partial charge in [-0.05, 0) is 51.2 Å². The van der Waals surface area contributed by atoms with Crippen LogP contribution in [0.1, 0.15) is 33.1 Å². The molecule has 0 bridgehead atoms. The molecule has 0 aromatic rings. The zero-order valence-corrected chi connectivity index (χ0v) is 9.29. The Kier molecular flexibility index (Phi) is 4.20. The maximum absolute atomic E-state index is 5.80. The third-order valence-electron chi connectivity index (χ3n) is 3.21. The van der Waals surface area contributed by atoms with E-state index < -0.39 is 0 Å². The van der Waals surface area contributed by atoms with E-state index in [4.69, 9.17) is 5.73 Å². The van der Waals surface area contributed by atoms with E-state index in [0.717, 1.165) is 24.4 Å². The zero-order chi connectivity index (χ0) is 9.84. The second kappa shape index (κ2) is 4.97. The van der Waals surface area contributed by atoms with Gasteiger partial charge in [-0.1, -0.05) is 13.8 Å². The van der Waals surface area contributed by atoms with Crippen LogP contribution in [0.15, 0.2) is 0 Å². The second-order valence-electron chi connectivity index (χ2n) is 4.82. The van der Waals surface area contributed by atoms with Gasteiger partial charge in [0.2, 0.25) is 0 Å². The van der Waals surface area contributed by atoms with E-state index in [1.807, 2.05) is 0 Å². The summed E-state index contributed by atoms with van der Waals surface area (Å²) in [6, 6.07) is 0.735. The van der Waals surface area contributed by atoms with Gasteiger partial charge in [-0.15, -0.1) is 0 Å². The highest BCUT2D eigenvalue weighted by molar-refractivity contribution is 4.83. The first kappa shape index (κ1) is 11.0. The van der Waals surface area contributed by atoms with Crippen LogP contribution in [-0.4, -0.2) is 31.1 Å². The standard InChI is InChI=1S/C11H24N2/c1-9(2)7-11-10(8-12)5-4-6-13(11)3/h9-11H,4-8,12H2,1-3H3. The van der Waals surface area contributed by atoms with Crippen molar-refractivity contribution in [3.8, 4) is 0 Å². The Bertz CT molecular complexity index is 145. The Balaban J connectivity index is 2.51. The minimum Gasteiger partial charge on any atom is -0.330 e. The van der Waals surface area contributed by atoms with Gasteiger partial charge in [-0.25, -0.2) is 0 Å². The normalized spacial score (nSPS) is 31.2. The van der Waals surface area contributed by atoms with Gasteiger partial charge in [0.25, 0.3) is 0 Å². The third-order valence-corrected chi connectivity index (χ3v) is 3.21. The maximum atomic E-state index is 5.80. The van der Waals surface area contributed by atoms with Crippen LogP contribution >= 0.6 is 0 Å². The third kappa shape index (κ3) is 2.96. The zero-order valence-electron chi connectivity index (χ0n) is 9.29. The second-order valence-corrected chi connectivity index (χ2v) is 4.82. The highest BCUT2D eigenvalue weighted by Gasteiger charge is 2.28. The molecular formula is C11H24N2. The van der Waals surface area contributed by atoms with Gasteiger partial charge in [-0.3, -0.25) is 0 Å². The number of nitrogens with zero attached hydrogens (tertiary/aromatic N) is 1. The largest absolute Gasteiger partial charge is 0.330 e. The van der Waals surface area contributed by atoms with Gasteiger partial charge in [0.15, 0.2) is 0 Å². The average molecular weight is 184 g/mol. The van der Waals surface area contributed by atoms with Gasteiger partial charge in [0.05, 0.1) is 0 Å². The van der Waals surface area contributed by atoms with Crippen molar-refractivity contribution >= 4 is 0 Å². The molecule has 1 rings (SSSR count). The SMILES string of the molecule is CC(C)CC1C(CN)CCCN1C. The molecule has 0 aromatic heterocycles. The lowest BCUT2D eigenvalue weighted by atomic mass is 9.85. The molecule has 13 heavy (non-hydrogen) atoms. The number of hydrogen-bond donors (Lipinski definition) is 1. The topological polar surface area (TPSA) is 29.3 Å². The first-order chi connectivity index (χ1) is 6.15. The molecule has 1 heterocycles. The Morgan fingerprint density at radius 1 is 1.46 bits per heavy atom. The summed E-state index contributed by atoms with van der Waals surface area (Å²) in [6.07, 6.45) is 3.96. The summed E-state index contributed by atoms with van der Waals surface area (Å²) in [5.41, 5.74) is 5.80. The lowest BCUT2D eigenvalue weighted by Gasteiger charge is -2.39. The van der Waals surface area contributed by atoms with E-state index >= 15 is 0 Å². The number of rotatable bonds is 3. The van der Waals surface area contributed by atoms with Crippen molar-refractivity contribution in [3.05, 3.63) is 0 Å². The van der Waals surface area contributed by atoms with Crippen LogP contribution in [0.4, 0.5) is 0 Å². The van der Waals surface area contributed by atoms with Crippen molar-refractivity contribution in [1.29, 1.82) is 0 Å². The molecule has 0 aromatic carbocycles. The summed E-state index contributed by atoms with van der Waals surface area (Å²) in [4.78, 5) is 2.50. The molecular weight excluding hydrogens is 160 g/mol. The van der Waals surface area contributed by atoms with Gasteiger partial charge in [-0.2, -0.15) is 0 Å². The molecule has 2 nitrogen and oxygen atoms in total. The molecule has 1 aliphatic heterocycles. The summed E-state index contributed by atoms with van der Waals surface area (Å²) < 4.78 is 0. The van der Waals surface area contributed by atoms with Crippen LogP contribution in [0.3, 0.4) is 0 Å². The van der Waals surface area contributed by atoms with Gasteiger partial charge in [0.1, 0.15) is 0 Å². The lowest BCUT2D eigenvalue weighted by Crippen LogP contribution is -2.46. The Morgan fingerprint density at radius 3 is 2.69 bits per heavy atom. The summed E-state index contributed by atoms with van der Waals surface area (Å²) >= 11 is 0. The molecule has 2 heteroatoms. The summed E-state index contributed by atoms with van der Waals surface area (Å²) in [5.74, 6) is 1.53. The molecule has 2 atom stereocenters. The predicted molar refractivity (Wildman–Crippen MR) is 57.7 cm³/mol. The minimum atomic E-state index is 0.735. The van der Waals surface area contributed by atoms with Crippen LogP contribution < -0.4 is 5.73 Å². The molecule has 0 aliphatic carbocycles. The van der Waals surface area contributed by atoms with Crippen LogP contribution in [0, 0.1) is 11.8 Å². The van der Waals surface area contributed by atoms with Crippen molar-refractivity contribution in [2.24, 2.45) is 17.6 Å². The molecule has 0 saturated carbocycles. The molecule has 2 unspecified atom stereocenters. The van der Waals surface area contributed by atoms with E-state index in [1.165, 1.54) is 25.8 Å². The summed E-state index contributed by atoms with van der Waals surface area (Å²) in [5, 5.41) is 0. The van der Waals surface area contributed by atoms with E-state index in [0.29, 0.717) is 0 Å². The molecule has 2 N–H and O–H groups in total. The highest BCUT2D eigenvalue weighted by Crippen LogP contribution is 2.26. The molecule has 0 spiro atoms. The van der Waals surface area contributed by atoms with Gasteiger partial charge >= 0.3 is 0 Å². The van der Waals surface area contributed by atoms with Crippen molar-refractivity contribution in [2.75, 3.05) is 20.1 Å². The maximum Gasteiger partial charge on any atom is 0.0135 e. The Labute approximate surface area is 82.5 Å². The van der Waals surface area contributed by atoms with E-state index in [2.05, 4.69) is 25.8 Å². The first-order valence-electron chi connectivity index (χ1n) is 5.55. The molecule has 1 fully saturated rings. The van der Waals surface area contributed by atoms with Crippen LogP contribution in [0.2, 0.25) is 0 Å². The highest BCUT2D eigenvalue weighted by atomic mass is 15.1. The minimum absolute atomic E-state index is 0.735. The predicted octanol–water partition coefficient (Wildman–Crippen LogP) is 1.70. The summed E-state index contributed by atoms with van der Waals surface area (Å²) in [7, 11) is 2.24. The fraction of sp³-hybridized carbons (Fsp3) is 1.00. The van der Waals surface area contributed by atoms with E-state index in [9.17, 15) is 0 Å². The Hall–Kier alpha value is -0.0800. The van der Waals surface area contributed by atoms with Crippen molar-refractivity contribution in [2.45, 2.75) is 39.2 Å². The van der Waals surface area contributed by atoms with Crippen LogP contribution in [0.25, 0.3) is 0 Å². The van der Waals surface area contributed by atoms with E-state index in [-0.39, 0.29) is 0 Å². The molecule has 0 amide bonds. The number of likely N-dealkylation sites (tertiary alicyclic amines) is 1. The van der Waals surface area contributed by atoms with Crippen molar-refractivity contribution in [1.82, 2.24) is 4.90 Å². The summed E-state index contributed by atoms with van der Waals surface area (Å²) in [6.45, 7) is 6.72. The number of piperidine rings is 1. The smallest absolute Gasteiger partial charge is 0.0135 e. The number of hydrogen-bond acceptors (Lipinski definition) is 2. The first-order valence-corrected chi connectivity index (χ1v) is 5.55. The van der Waals surface area contributed by atoms with E-state index in [1.54, 1.807) is 0 Å². The lowest BCUT2D eigenvalue weighted by molar-refractivity contribution is 0.106. The van der Waals surface area contributed by atoms with Crippen molar-refractivity contribution < 1.29 is 0 Å². The molecule has 1 aliphatic rings. The van der Waals surface area contributed by atoms with Gasteiger partial charge in [0, 0.05) is 6.04 Å². The quantitative estimate of drug-likeness (QED) is 0.723. The number of nitrogens with two attached hydrogens (primary N) is 1. The molecule has 78 valence electrons. The van der Waals surface area contributed by atoms with Gasteiger partial charge < -0.3 is 10.6 Å². The fourth-order valence-corrected chi connectivity index (χ4v) is 2.45.